The molecule has 1 heterocycles. The van der Waals surface area contributed by atoms with Crippen LogP contribution in [-0.2, 0) is 17.1 Å². The number of rotatable bonds is 7. The summed E-state index contributed by atoms with van der Waals surface area (Å²) in [6.45, 7) is 8.45. The minimum atomic E-state index is -3.52. The largest absolute Gasteiger partial charge is 0.348 e. The van der Waals surface area contributed by atoms with E-state index in [0.29, 0.717) is 18.8 Å². The topological polar surface area (TPSA) is 71.4 Å². The Morgan fingerprint density at radius 2 is 1.84 bits per heavy atom. The Morgan fingerprint density at radius 3 is 2.40 bits per heavy atom. The number of benzene rings is 1. The molecule has 1 unspecified atom stereocenters. The van der Waals surface area contributed by atoms with Gasteiger partial charge in [0.15, 0.2) is 0 Å². The van der Waals surface area contributed by atoms with Crippen LogP contribution in [0.5, 0.6) is 0 Å². The van der Waals surface area contributed by atoms with Crippen molar-refractivity contribution in [1.82, 2.24) is 14.2 Å². The maximum Gasteiger partial charge on any atom is 0.268 e. The minimum absolute atomic E-state index is 0.0871. The molecule has 1 N–H and O–H groups in total. The van der Waals surface area contributed by atoms with Crippen molar-refractivity contribution in [2.75, 3.05) is 13.1 Å². The summed E-state index contributed by atoms with van der Waals surface area (Å²) in [7, 11) is -1.70. The second-order valence-electron chi connectivity index (χ2n) is 6.18. The number of nitrogens with one attached hydrogen (secondary N) is 1. The lowest BCUT2D eigenvalue weighted by molar-refractivity contribution is 0.0931. The number of sulfonamides is 1. The third kappa shape index (κ3) is 3.72. The van der Waals surface area contributed by atoms with Crippen molar-refractivity contribution in [3.63, 3.8) is 0 Å². The first-order valence-corrected chi connectivity index (χ1v) is 10.1. The van der Waals surface area contributed by atoms with Crippen molar-refractivity contribution < 1.29 is 13.2 Å². The molecule has 0 fully saturated rings. The Morgan fingerprint density at radius 1 is 1.20 bits per heavy atom. The fraction of sp³-hybridized carbons (Fsp3) is 0.500. The van der Waals surface area contributed by atoms with Crippen LogP contribution in [0.1, 0.15) is 44.6 Å². The second-order valence-corrected chi connectivity index (χ2v) is 8.12. The molecule has 6 nitrogen and oxygen atoms in total. The summed E-state index contributed by atoms with van der Waals surface area (Å²) in [5.74, 6) is -0.152. The number of hydrogen-bond acceptors (Lipinski definition) is 3. The van der Waals surface area contributed by atoms with E-state index >= 15 is 0 Å². The fourth-order valence-corrected chi connectivity index (χ4v) is 4.31. The fourth-order valence-electron chi connectivity index (χ4n) is 2.82. The van der Waals surface area contributed by atoms with E-state index in [1.807, 2.05) is 34.7 Å². The molecular formula is C18H27N3O3S. The van der Waals surface area contributed by atoms with Gasteiger partial charge in [0.05, 0.1) is 4.90 Å². The van der Waals surface area contributed by atoms with Crippen LogP contribution >= 0.6 is 0 Å². The molecule has 1 aromatic heterocycles. The molecule has 0 aliphatic heterocycles. The number of amides is 1. The molecule has 1 aromatic carbocycles. The highest BCUT2D eigenvalue weighted by molar-refractivity contribution is 7.89. The van der Waals surface area contributed by atoms with Gasteiger partial charge < -0.3 is 9.88 Å². The Balaban J connectivity index is 2.47. The molecule has 2 aromatic rings. The monoisotopic (exact) mass is 365 g/mol. The number of carbonyl (C=O) groups excluding carboxylic acids is 1. The van der Waals surface area contributed by atoms with Crippen LogP contribution < -0.4 is 5.32 Å². The molecule has 0 saturated carbocycles. The third-order valence-corrected chi connectivity index (χ3v) is 6.63. The molecule has 7 heteroatoms. The number of aryl methyl sites for hydroxylation is 1. The first-order chi connectivity index (χ1) is 11.8. The van der Waals surface area contributed by atoms with E-state index in [4.69, 9.17) is 0 Å². The quantitative estimate of drug-likeness (QED) is 0.820. The van der Waals surface area contributed by atoms with E-state index in [2.05, 4.69) is 5.32 Å². The lowest BCUT2D eigenvalue weighted by atomic mass is 10.2. The van der Waals surface area contributed by atoms with Gasteiger partial charge in [-0.05, 0) is 37.6 Å². The van der Waals surface area contributed by atoms with Crippen molar-refractivity contribution in [1.29, 1.82) is 0 Å². The maximum atomic E-state index is 12.7. The molecule has 0 aliphatic carbocycles. The zero-order valence-electron chi connectivity index (χ0n) is 15.5. The van der Waals surface area contributed by atoms with Gasteiger partial charge in [-0.1, -0.05) is 20.8 Å². The van der Waals surface area contributed by atoms with Crippen LogP contribution in [0.15, 0.2) is 29.2 Å². The van der Waals surface area contributed by atoms with Crippen LogP contribution in [-0.4, -0.2) is 42.3 Å². The highest BCUT2D eigenvalue weighted by Crippen LogP contribution is 2.24. The lowest BCUT2D eigenvalue weighted by Gasteiger charge is -2.18. The third-order valence-electron chi connectivity index (χ3n) is 4.58. The molecule has 1 amide bonds. The molecule has 0 spiro atoms. The van der Waals surface area contributed by atoms with Gasteiger partial charge >= 0.3 is 0 Å². The Hall–Kier alpha value is -1.86. The van der Waals surface area contributed by atoms with Crippen LogP contribution in [0, 0.1) is 0 Å². The summed E-state index contributed by atoms with van der Waals surface area (Å²) >= 11 is 0. The van der Waals surface area contributed by atoms with Crippen LogP contribution in [0.2, 0.25) is 0 Å². The Kier molecular flexibility index (Phi) is 5.90. The zero-order valence-corrected chi connectivity index (χ0v) is 16.4. The van der Waals surface area contributed by atoms with E-state index in [0.717, 1.165) is 17.3 Å². The van der Waals surface area contributed by atoms with E-state index in [1.54, 1.807) is 28.8 Å². The highest BCUT2D eigenvalue weighted by Gasteiger charge is 2.23. The highest BCUT2D eigenvalue weighted by atomic mass is 32.2. The van der Waals surface area contributed by atoms with Crippen LogP contribution in [0.3, 0.4) is 0 Å². The SMILES string of the molecule is CCC(C)NC(=O)c1cc2cc(S(=O)(=O)N(CC)CC)ccc2n1C. The van der Waals surface area contributed by atoms with Crippen LogP contribution in [0.4, 0.5) is 0 Å². The number of nitrogens with zero attached hydrogens (tertiary/aromatic N) is 2. The van der Waals surface area contributed by atoms with Gasteiger partial charge in [-0.25, -0.2) is 8.42 Å². The average molecular weight is 365 g/mol. The van der Waals surface area contributed by atoms with Gasteiger partial charge in [-0.2, -0.15) is 4.31 Å². The van der Waals surface area contributed by atoms with Crippen molar-refractivity contribution in [2.45, 2.75) is 45.1 Å². The molecule has 0 radical (unpaired) electrons. The average Bonchev–Trinajstić information content (AvgIpc) is 2.92. The van der Waals surface area contributed by atoms with Crippen molar-refractivity contribution in [2.24, 2.45) is 7.05 Å². The van der Waals surface area contributed by atoms with Crippen molar-refractivity contribution in [3.05, 3.63) is 30.0 Å². The van der Waals surface area contributed by atoms with Gasteiger partial charge in [0.1, 0.15) is 5.69 Å². The first-order valence-electron chi connectivity index (χ1n) is 8.66. The normalized spacial score (nSPS) is 13.4. The van der Waals surface area contributed by atoms with E-state index in [1.165, 1.54) is 4.31 Å². The summed E-state index contributed by atoms with van der Waals surface area (Å²) in [6.07, 6.45) is 0.849. The summed E-state index contributed by atoms with van der Waals surface area (Å²) in [5.41, 5.74) is 1.35. The van der Waals surface area contributed by atoms with Crippen molar-refractivity contribution >= 4 is 26.8 Å². The van der Waals surface area contributed by atoms with Gasteiger partial charge in [-0.3, -0.25) is 4.79 Å². The van der Waals surface area contributed by atoms with Crippen molar-refractivity contribution in [3.8, 4) is 0 Å². The van der Waals surface area contributed by atoms with Gasteiger partial charge in [0, 0.05) is 37.1 Å². The summed E-state index contributed by atoms with van der Waals surface area (Å²) < 4.78 is 28.6. The summed E-state index contributed by atoms with van der Waals surface area (Å²) in [6, 6.07) is 6.83. The van der Waals surface area contributed by atoms with E-state index in [-0.39, 0.29) is 16.8 Å². The van der Waals surface area contributed by atoms with E-state index in [9.17, 15) is 13.2 Å². The summed E-state index contributed by atoms with van der Waals surface area (Å²) in [4.78, 5) is 12.7. The predicted octanol–water partition coefficient (Wildman–Crippen LogP) is 2.74. The molecule has 138 valence electrons. The molecule has 2 rings (SSSR count). The number of aromatic nitrogens is 1. The molecular weight excluding hydrogens is 338 g/mol. The Labute approximate surface area is 149 Å². The molecule has 1 atom stereocenters. The minimum Gasteiger partial charge on any atom is -0.348 e. The number of hydrogen-bond donors (Lipinski definition) is 1. The smallest absolute Gasteiger partial charge is 0.268 e. The van der Waals surface area contributed by atoms with Gasteiger partial charge in [0.25, 0.3) is 5.91 Å². The molecule has 0 bridgehead atoms. The lowest BCUT2D eigenvalue weighted by Crippen LogP contribution is -2.33. The molecule has 0 saturated heterocycles. The standard InChI is InChI=1S/C18H27N3O3S/c1-6-13(4)19-18(22)17-12-14-11-15(9-10-16(14)20(17)5)25(23,24)21(7-2)8-3/h9-13H,6-8H2,1-5H3,(H,19,22). The second kappa shape index (κ2) is 7.58. The van der Waals surface area contributed by atoms with Crippen LogP contribution in [0.25, 0.3) is 10.9 Å². The first kappa shape index (κ1) is 19.5. The summed E-state index contributed by atoms with van der Waals surface area (Å²) in [5, 5.41) is 3.68. The maximum absolute atomic E-state index is 12.7. The Bertz CT molecular complexity index is 867. The van der Waals surface area contributed by atoms with E-state index < -0.39 is 10.0 Å². The number of carbonyl (C=O) groups is 1. The number of fused-ring (bicyclic) bond motifs is 1. The van der Waals surface area contributed by atoms with Gasteiger partial charge in [-0.15, -0.1) is 0 Å². The zero-order chi connectivity index (χ0) is 18.8. The predicted molar refractivity (Wildman–Crippen MR) is 100 cm³/mol. The molecule has 0 aliphatic rings. The van der Waals surface area contributed by atoms with Gasteiger partial charge in [0.2, 0.25) is 10.0 Å². The molecule has 25 heavy (non-hydrogen) atoms.